The molecule has 0 bridgehead atoms. The Morgan fingerprint density at radius 2 is 1.18 bits per heavy atom. The van der Waals surface area contributed by atoms with Gasteiger partial charge in [-0.2, -0.15) is 0 Å². The van der Waals surface area contributed by atoms with Crippen LogP contribution in [0.3, 0.4) is 0 Å². The Bertz CT molecular complexity index is 2560. The highest BCUT2D eigenvalue weighted by atomic mass is 16.5. The van der Waals surface area contributed by atoms with Crippen LogP contribution in [0.5, 0.6) is 11.6 Å². The normalized spacial score (nSPS) is 14.1. The number of pyridine rings is 1. The van der Waals surface area contributed by atoms with Gasteiger partial charge in [-0.1, -0.05) is 121 Å². The minimum Gasteiger partial charge on any atom is -0.439 e. The number of benzene rings is 6. The fraction of sp³-hybridized carbons (Fsp3) is 0.106. The summed E-state index contributed by atoms with van der Waals surface area (Å²) in [6, 6.07) is 57.4. The predicted octanol–water partition coefficient (Wildman–Crippen LogP) is 11.1. The maximum Gasteiger partial charge on any atom is 0.219 e. The van der Waals surface area contributed by atoms with Crippen LogP contribution in [-0.4, -0.2) is 14.5 Å². The molecule has 6 aromatic carbocycles. The van der Waals surface area contributed by atoms with Gasteiger partial charge in [-0.05, 0) is 106 Å². The van der Waals surface area contributed by atoms with E-state index < -0.39 is 0 Å². The number of hydrogen-bond acceptors (Lipinski definition) is 3. The van der Waals surface area contributed by atoms with Gasteiger partial charge in [-0.3, -0.25) is 4.57 Å². The Morgan fingerprint density at radius 1 is 0.510 bits per heavy atom. The molecule has 2 aliphatic rings. The third kappa shape index (κ3) is 5.23. The number of nitrogens with zero attached hydrogens (tertiary/aromatic N) is 3. The fourth-order valence-corrected chi connectivity index (χ4v) is 8.56. The minimum atomic E-state index is 0.290. The molecule has 0 saturated heterocycles. The second kappa shape index (κ2) is 12.0. The summed E-state index contributed by atoms with van der Waals surface area (Å²) in [5, 5.41) is 0. The van der Waals surface area contributed by atoms with Crippen LogP contribution < -0.4 is 4.74 Å². The zero-order valence-electron chi connectivity index (χ0n) is 28.2. The number of rotatable bonds is 6. The van der Waals surface area contributed by atoms with E-state index in [1.165, 1.54) is 33.4 Å². The molecule has 2 aliphatic carbocycles. The maximum absolute atomic E-state index is 6.52. The summed E-state index contributed by atoms with van der Waals surface area (Å²) in [6.07, 6.45) is 4.57. The van der Waals surface area contributed by atoms with Crippen molar-refractivity contribution in [1.29, 1.82) is 0 Å². The molecule has 8 aromatic rings. The first-order valence-electron chi connectivity index (χ1n) is 17.8. The third-order valence-electron chi connectivity index (χ3n) is 10.8. The zero-order valence-corrected chi connectivity index (χ0v) is 28.2. The molecule has 4 heteroatoms. The van der Waals surface area contributed by atoms with Gasteiger partial charge in [0.2, 0.25) is 5.88 Å². The second-order valence-electron chi connectivity index (χ2n) is 14.1. The molecule has 0 unspecified atom stereocenters. The van der Waals surface area contributed by atoms with Crippen LogP contribution >= 0.6 is 0 Å². The number of imidazole rings is 1. The molecule has 0 N–H and O–H groups in total. The molecule has 2 heterocycles. The molecule has 0 amide bonds. The summed E-state index contributed by atoms with van der Waals surface area (Å²) in [6.45, 7) is 0. The maximum atomic E-state index is 6.52. The number of para-hydroxylation sites is 3. The summed E-state index contributed by atoms with van der Waals surface area (Å²) in [7, 11) is 0. The lowest BCUT2D eigenvalue weighted by atomic mass is 9.81. The van der Waals surface area contributed by atoms with Crippen LogP contribution in [0.1, 0.15) is 22.3 Å². The molecule has 0 fully saturated rings. The topological polar surface area (TPSA) is 39.9 Å². The summed E-state index contributed by atoms with van der Waals surface area (Å²) in [4.78, 5) is 10.2. The SMILES string of the molecule is c1ccc(-c2ccccc2-n2c(-c3cccc(Oc4cccc(-c5cccc6c5CC5(Cc7ccccc7C5)C6)c4)n3)nc3ccccc32)cc1. The van der Waals surface area contributed by atoms with Crippen molar-refractivity contribution in [2.75, 3.05) is 0 Å². The van der Waals surface area contributed by atoms with Gasteiger partial charge in [0.05, 0.1) is 16.7 Å². The smallest absolute Gasteiger partial charge is 0.219 e. The second-order valence-corrected chi connectivity index (χ2v) is 14.1. The highest BCUT2D eigenvalue weighted by Gasteiger charge is 2.42. The lowest BCUT2D eigenvalue weighted by Crippen LogP contribution is -2.21. The molecular weight excluding hydrogens is 623 g/mol. The van der Waals surface area contributed by atoms with Gasteiger partial charge in [0.1, 0.15) is 11.4 Å². The summed E-state index contributed by atoms with van der Waals surface area (Å²) in [5.74, 6) is 2.06. The molecule has 10 rings (SSSR count). The standard InChI is InChI=1S/C47H35N3O/c1-2-13-32(14-3-1)39-20-6-8-24-43(39)50-44-25-9-7-22-41(44)49-46(50)42-23-12-26-45(48-42)51-37-19-10-17-33(27-37)38-21-11-18-36-30-47(31-40(36)38)28-34-15-4-5-16-35(34)29-47/h1-27H,28-31H2. The molecule has 51 heavy (non-hydrogen) atoms. The summed E-state index contributed by atoms with van der Waals surface area (Å²) in [5.41, 5.74) is 14.8. The van der Waals surface area contributed by atoms with Gasteiger partial charge in [0, 0.05) is 11.6 Å². The van der Waals surface area contributed by atoms with Gasteiger partial charge in [-0.25, -0.2) is 9.97 Å². The summed E-state index contributed by atoms with van der Waals surface area (Å²) >= 11 is 0. The lowest BCUT2D eigenvalue weighted by Gasteiger charge is -2.22. The molecular formula is C47H35N3O. The number of fused-ring (bicyclic) bond motifs is 3. The lowest BCUT2D eigenvalue weighted by molar-refractivity contribution is 0.327. The Kier molecular flexibility index (Phi) is 6.95. The van der Waals surface area contributed by atoms with Crippen molar-refractivity contribution in [3.05, 3.63) is 186 Å². The molecule has 0 atom stereocenters. The van der Waals surface area contributed by atoms with Crippen LogP contribution in [0.2, 0.25) is 0 Å². The van der Waals surface area contributed by atoms with Gasteiger partial charge in [0.15, 0.2) is 5.82 Å². The average molecular weight is 658 g/mol. The van der Waals surface area contributed by atoms with Gasteiger partial charge in [0.25, 0.3) is 0 Å². The van der Waals surface area contributed by atoms with Crippen molar-refractivity contribution in [3.8, 4) is 51.1 Å². The molecule has 0 saturated carbocycles. The fourth-order valence-electron chi connectivity index (χ4n) is 8.56. The van der Waals surface area contributed by atoms with Crippen LogP contribution in [0, 0.1) is 5.41 Å². The Morgan fingerprint density at radius 3 is 2.06 bits per heavy atom. The average Bonchev–Trinajstić information content (AvgIpc) is 3.86. The van der Waals surface area contributed by atoms with Crippen molar-refractivity contribution in [3.63, 3.8) is 0 Å². The first kappa shape index (κ1) is 29.6. The van der Waals surface area contributed by atoms with Crippen molar-refractivity contribution in [2.45, 2.75) is 25.7 Å². The van der Waals surface area contributed by atoms with E-state index in [0.717, 1.165) is 70.8 Å². The van der Waals surface area contributed by atoms with Crippen molar-refractivity contribution >= 4 is 11.0 Å². The van der Waals surface area contributed by atoms with Gasteiger partial charge >= 0.3 is 0 Å². The first-order chi connectivity index (χ1) is 25.2. The van der Waals surface area contributed by atoms with Crippen molar-refractivity contribution in [1.82, 2.24) is 14.5 Å². The number of ether oxygens (including phenoxy) is 1. The monoisotopic (exact) mass is 657 g/mol. The van der Waals surface area contributed by atoms with E-state index in [1.54, 1.807) is 0 Å². The molecule has 2 aromatic heterocycles. The highest BCUT2D eigenvalue weighted by molar-refractivity contribution is 5.86. The predicted molar refractivity (Wildman–Crippen MR) is 205 cm³/mol. The summed E-state index contributed by atoms with van der Waals surface area (Å²) < 4.78 is 8.74. The van der Waals surface area contributed by atoms with Gasteiger partial charge in [-0.15, -0.1) is 0 Å². The number of hydrogen-bond donors (Lipinski definition) is 0. The number of aromatic nitrogens is 3. The van der Waals surface area contributed by atoms with E-state index in [4.69, 9.17) is 14.7 Å². The van der Waals surface area contributed by atoms with E-state index in [2.05, 4.69) is 132 Å². The molecule has 0 aliphatic heterocycles. The zero-order chi connectivity index (χ0) is 33.8. The van der Waals surface area contributed by atoms with E-state index in [0.29, 0.717) is 11.3 Å². The molecule has 244 valence electrons. The first-order valence-corrected chi connectivity index (χ1v) is 17.8. The van der Waals surface area contributed by atoms with E-state index in [9.17, 15) is 0 Å². The van der Waals surface area contributed by atoms with E-state index in [1.807, 2.05) is 36.4 Å². The Balaban J connectivity index is 0.985. The van der Waals surface area contributed by atoms with Crippen molar-refractivity contribution in [2.24, 2.45) is 5.41 Å². The van der Waals surface area contributed by atoms with Crippen LogP contribution in [0.25, 0.3) is 50.5 Å². The van der Waals surface area contributed by atoms with Crippen LogP contribution in [0.15, 0.2) is 164 Å². The minimum absolute atomic E-state index is 0.290. The van der Waals surface area contributed by atoms with Gasteiger partial charge < -0.3 is 4.74 Å². The Labute approximate surface area is 297 Å². The largest absolute Gasteiger partial charge is 0.439 e. The molecule has 1 spiro atoms. The van der Waals surface area contributed by atoms with Crippen LogP contribution in [0.4, 0.5) is 0 Å². The molecule has 0 radical (unpaired) electrons. The van der Waals surface area contributed by atoms with E-state index in [-0.39, 0.29) is 0 Å². The van der Waals surface area contributed by atoms with Crippen molar-refractivity contribution < 1.29 is 4.74 Å². The third-order valence-corrected chi connectivity index (χ3v) is 10.8. The Hall–Kier alpha value is -6.26. The molecule has 4 nitrogen and oxygen atoms in total. The quantitative estimate of drug-likeness (QED) is 0.179. The van der Waals surface area contributed by atoms with E-state index >= 15 is 0 Å². The highest BCUT2D eigenvalue weighted by Crippen LogP contribution is 2.49. The van der Waals surface area contributed by atoms with Crippen LogP contribution in [-0.2, 0) is 25.7 Å².